The molecule has 6 aromatic carbocycles. The van der Waals surface area contributed by atoms with E-state index in [4.69, 9.17) is 19.4 Å². The van der Waals surface area contributed by atoms with Crippen LogP contribution >= 0.6 is 22.7 Å². The van der Waals surface area contributed by atoms with E-state index in [0.29, 0.717) is 0 Å². The van der Waals surface area contributed by atoms with Crippen molar-refractivity contribution in [3.63, 3.8) is 0 Å². The van der Waals surface area contributed by atoms with E-state index in [0.717, 1.165) is 74.6 Å². The number of thiazole rings is 2. The van der Waals surface area contributed by atoms with E-state index < -0.39 is 0 Å². The molecule has 0 saturated carbocycles. The van der Waals surface area contributed by atoms with Crippen LogP contribution in [0.4, 0.5) is 0 Å². The molecule has 4 nitrogen and oxygen atoms in total. The van der Waals surface area contributed by atoms with Crippen LogP contribution in [0.5, 0.6) is 11.5 Å². The van der Waals surface area contributed by atoms with Crippen molar-refractivity contribution in [1.82, 2.24) is 9.97 Å². The summed E-state index contributed by atoms with van der Waals surface area (Å²) in [6.07, 6.45) is 0. The largest absolute Gasteiger partial charge is 0.456 e. The van der Waals surface area contributed by atoms with E-state index in [1.807, 2.05) is 60.7 Å². The van der Waals surface area contributed by atoms with Gasteiger partial charge in [0.05, 0.1) is 31.6 Å². The Morgan fingerprint density at radius 3 is 1.39 bits per heavy atom. The highest BCUT2D eigenvalue weighted by Gasteiger charge is 2.18. The van der Waals surface area contributed by atoms with E-state index in [1.165, 1.54) is 0 Å². The molecule has 2 aromatic heterocycles. The summed E-state index contributed by atoms with van der Waals surface area (Å²) in [7, 11) is 0. The molecule has 0 saturated heterocycles. The molecule has 2 heterocycles. The molecule has 0 atom stereocenters. The molecule has 0 bridgehead atoms. The van der Waals surface area contributed by atoms with Gasteiger partial charge in [-0.3, -0.25) is 0 Å². The molecule has 8 aromatic rings. The fourth-order valence-corrected chi connectivity index (χ4v) is 7.23. The molecule has 0 fully saturated rings. The van der Waals surface area contributed by atoms with Crippen molar-refractivity contribution < 1.29 is 9.47 Å². The maximum Gasteiger partial charge on any atom is 0.231 e. The lowest BCUT2D eigenvalue weighted by atomic mass is 10.1. The molecule has 0 unspecified atom stereocenters. The molecule has 0 amide bonds. The van der Waals surface area contributed by atoms with Crippen LogP contribution in [0.1, 0.15) is 0 Å². The highest BCUT2D eigenvalue weighted by atomic mass is 32.1. The molecule has 8 rings (SSSR count). The first-order chi connectivity index (χ1) is 20.3. The quantitative estimate of drug-likeness (QED) is 0.188. The number of fused-ring (bicyclic) bond motifs is 4. The Kier molecular flexibility index (Phi) is 5.87. The number of ether oxygens (including phenoxy) is 2. The van der Waals surface area contributed by atoms with Crippen LogP contribution < -0.4 is 9.47 Å². The van der Waals surface area contributed by atoms with E-state index in [2.05, 4.69) is 60.7 Å². The lowest BCUT2D eigenvalue weighted by Crippen LogP contribution is -2.08. The van der Waals surface area contributed by atoms with Gasteiger partial charge < -0.3 is 9.47 Å². The molecule has 0 spiro atoms. The van der Waals surface area contributed by atoms with Gasteiger partial charge in [0.15, 0.2) is 0 Å². The molecule has 0 aliphatic heterocycles. The van der Waals surface area contributed by atoms with Crippen molar-refractivity contribution in [3.05, 3.63) is 121 Å². The predicted octanol–water partition coefficient (Wildman–Crippen LogP) is 9.96. The van der Waals surface area contributed by atoms with Gasteiger partial charge in [0.2, 0.25) is 6.79 Å². The topological polar surface area (TPSA) is 44.2 Å². The van der Waals surface area contributed by atoms with Gasteiger partial charge >= 0.3 is 0 Å². The van der Waals surface area contributed by atoms with Crippen molar-refractivity contribution >= 4 is 64.7 Å². The minimum absolute atomic E-state index is 0.0395. The Bertz CT molecular complexity index is 1990. The summed E-state index contributed by atoms with van der Waals surface area (Å²) >= 11 is 3.34. The molecular formula is C35H22N2O2S2. The van der Waals surface area contributed by atoms with Crippen molar-refractivity contribution in [1.29, 1.82) is 0 Å². The lowest BCUT2D eigenvalue weighted by Gasteiger charge is -2.16. The number of para-hydroxylation sites is 2. The molecule has 0 radical (unpaired) electrons. The fourth-order valence-electron chi connectivity index (χ4n) is 5.26. The van der Waals surface area contributed by atoms with Crippen molar-refractivity contribution in [2.24, 2.45) is 0 Å². The number of hydrogen-bond donors (Lipinski definition) is 0. The third-order valence-corrected chi connectivity index (χ3v) is 9.35. The van der Waals surface area contributed by atoms with Gasteiger partial charge in [0.1, 0.15) is 21.5 Å². The molecule has 6 heteroatoms. The monoisotopic (exact) mass is 566 g/mol. The molecule has 0 aliphatic rings. The minimum atomic E-state index is 0.0395. The van der Waals surface area contributed by atoms with Gasteiger partial charge in [0, 0.05) is 10.8 Å². The number of nitrogens with zero attached hydrogens (tertiary/aromatic N) is 2. The molecule has 41 heavy (non-hydrogen) atoms. The summed E-state index contributed by atoms with van der Waals surface area (Å²) in [5.41, 5.74) is 3.88. The van der Waals surface area contributed by atoms with Crippen LogP contribution in [0.25, 0.3) is 63.1 Å². The zero-order chi connectivity index (χ0) is 27.2. The number of hydrogen-bond acceptors (Lipinski definition) is 6. The van der Waals surface area contributed by atoms with E-state index in [-0.39, 0.29) is 6.79 Å². The first-order valence-electron chi connectivity index (χ1n) is 13.3. The van der Waals surface area contributed by atoms with Crippen LogP contribution in [-0.4, -0.2) is 16.8 Å². The first kappa shape index (κ1) is 24.1. The average molecular weight is 567 g/mol. The highest BCUT2D eigenvalue weighted by Crippen LogP contribution is 2.42. The van der Waals surface area contributed by atoms with Gasteiger partial charge in [-0.1, -0.05) is 84.9 Å². The number of aromatic nitrogens is 2. The van der Waals surface area contributed by atoms with Crippen LogP contribution in [0.2, 0.25) is 0 Å². The standard InChI is InChI=1S/C35H22N2O2S2/c1-3-11-24-22(9-1)17-19-26(34-36-28-13-5-7-15-30(28)40-34)32(24)38-21-39-33-25-12-4-2-10-23(25)18-20-27(33)35-37-29-14-6-8-16-31(29)41-35/h1-20H,21H2. The average Bonchev–Trinajstić information content (AvgIpc) is 3.65. The Balaban J connectivity index is 1.20. The molecule has 0 aliphatic carbocycles. The van der Waals surface area contributed by atoms with Gasteiger partial charge in [-0.2, -0.15) is 0 Å². The second-order valence-electron chi connectivity index (χ2n) is 9.71. The van der Waals surface area contributed by atoms with Gasteiger partial charge in [-0.25, -0.2) is 9.97 Å². The smallest absolute Gasteiger partial charge is 0.231 e. The van der Waals surface area contributed by atoms with Crippen molar-refractivity contribution in [2.45, 2.75) is 0 Å². The second-order valence-corrected chi connectivity index (χ2v) is 11.8. The molecular weight excluding hydrogens is 545 g/mol. The summed E-state index contributed by atoms with van der Waals surface area (Å²) in [6, 6.07) is 41.4. The van der Waals surface area contributed by atoms with Crippen LogP contribution in [0.3, 0.4) is 0 Å². The maximum atomic E-state index is 6.53. The highest BCUT2D eigenvalue weighted by molar-refractivity contribution is 7.22. The first-order valence-corrected chi connectivity index (χ1v) is 15.0. The zero-order valence-electron chi connectivity index (χ0n) is 21.8. The summed E-state index contributed by atoms with van der Waals surface area (Å²) < 4.78 is 15.4. The van der Waals surface area contributed by atoms with E-state index in [9.17, 15) is 0 Å². The van der Waals surface area contributed by atoms with E-state index >= 15 is 0 Å². The van der Waals surface area contributed by atoms with Gasteiger partial charge in [0.25, 0.3) is 0 Å². The molecule has 196 valence electrons. The Hall–Kier alpha value is -4.78. The van der Waals surface area contributed by atoms with Crippen LogP contribution in [0.15, 0.2) is 121 Å². The lowest BCUT2D eigenvalue weighted by molar-refractivity contribution is 0.124. The second kappa shape index (κ2) is 10.0. The Morgan fingerprint density at radius 2 is 0.902 bits per heavy atom. The molecule has 0 N–H and O–H groups in total. The van der Waals surface area contributed by atoms with E-state index in [1.54, 1.807) is 22.7 Å². The van der Waals surface area contributed by atoms with Crippen molar-refractivity contribution in [3.8, 4) is 32.6 Å². The third kappa shape index (κ3) is 4.29. The number of rotatable bonds is 6. The summed E-state index contributed by atoms with van der Waals surface area (Å²) in [6.45, 7) is 0.0395. The SMILES string of the molecule is c1ccc2c(OCOc3c(-c4nc5ccccc5s4)ccc4ccccc34)c(-c3nc4ccccc4s3)ccc2c1. The van der Waals surface area contributed by atoms with Crippen LogP contribution in [-0.2, 0) is 0 Å². The minimum Gasteiger partial charge on any atom is -0.456 e. The fraction of sp³-hybridized carbons (Fsp3) is 0.0286. The Morgan fingerprint density at radius 1 is 0.463 bits per heavy atom. The normalized spacial score (nSPS) is 11.5. The predicted molar refractivity (Wildman–Crippen MR) is 171 cm³/mol. The Labute approximate surface area is 244 Å². The summed E-state index contributed by atoms with van der Waals surface area (Å²) in [5.74, 6) is 1.54. The third-order valence-electron chi connectivity index (χ3n) is 7.21. The summed E-state index contributed by atoms with van der Waals surface area (Å²) in [5, 5.41) is 6.11. The van der Waals surface area contributed by atoms with Crippen LogP contribution in [0, 0.1) is 0 Å². The van der Waals surface area contributed by atoms with Gasteiger partial charge in [-0.15, -0.1) is 22.7 Å². The number of benzene rings is 6. The van der Waals surface area contributed by atoms with Gasteiger partial charge in [-0.05, 0) is 47.2 Å². The maximum absolute atomic E-state index is 6.53. The summed E-state index contributed by atoms with van der Waals surface area (Å²) in [4.78, 5) is 9.85. The zero-order valence-corrected chi connectivity index (χ0v) is 23.4. The van der Waals surface area contributed by atoms with Crippen molar-refractivity contribution in [2.75, 3.05) is 6.79 Å².